The van der Waals surface area contributed by atoms with Gasteiger partial charge in [-0.2, -0.15) is 0 Å². The Morgan fingerprint density at radius 1 is 1.60 bits per heavy atom. The van der Waals surface area contributed by atoms with Crippen LogP contribution in [0.1, 0.15) is 13.2 Å². The first-order valence-corrected chi connectivity index (χ1v) is 6.19. The molecule has 112 valence electrons. The van der Waals surface area contributed by atoms with Crippen LogP contribution in [0.25, 0.3) is 0 Å². The minimum Gasteiger partial charge on any atom is -0.393 e. The van der Waals surface area contributed by atoms with Gasteiger partial charge in [0.25, 0.3) is 5.56 Å². The molecule has 0 bridgehead atoms. The Morgan fingerprint density at radius 2 is 2.25 bits per heavy atom. The van der Waals surface area contributed by atoms with Crippen LogP contribution in [0.5, 0.6) is 0 Å². The van der Waals surface area contributed by atoms with Crippen molar-refractivity contribution >= 4 is 11.6 Å². The van der Waals surface area contributed by atoms with Crippen LogP contribution < -0.4 is 11.2 Å². The van der Waals surface area contributed by atoms with Crippen LogP contribution in [0.4, 0.5) is 4.39 Å². The largest absolute Gasteiger partial charge is 0.393 e. The van der Waals surface area contributed by atoms with Crippen molar-refractivity contribution in [3.05, 3.63) is 33.1 Å². The molecule has 0 radical (unpaired) electrons. The first kappa shape index (κ1) is 15.2. The zero-order chi connectivity index (χ0) is 15.1. The summed E-state index contributed by atoms with van der Waals surface area (Å²) in [6, 6.07) is 1.07. The molecule has 4 atom stereocenters. The number of nitrogens with zero attached hydrogens (tertiary/aromatic N) is 1. The third kappa shape index (κ3) is 2.08. The molecule has 0 aliphatic carbocycles. The highest BCUT2D eigenvalue weighted by Gasteiger charge is 2.61. The first-order chi connectivity index (χ1) is 9.28. The molecule has 0 amide bonds. The maximum Gasteiger partial charge on any atom is 0.330 e. The monoisotopic (exact) mass is 308 g/mol. The molecule has 3 N–H and O–H groups in total. The third-order valence-electron chi connectivity index (χ3n) is 3.46. The first-order valence-electron chi connectivity index (χ1n) is 5.81. The fraction of sp³-hybridized carbons (Fsp3) is 0.636. The fourth-order valence-corrected chi connectivity index (χ4v) is 2.61. The summed E-state index contributed by atoms with van der Waals surface area (Å²) in [5.41, 5.74) is -3.33. The summed E-state index contributed by atoms with van der Waals surface area (Å²) < 4.78 is 19.4. The van der Waals surface area contributed by atoms with Crippen LogP contribution >= 0.6 is 11.6 Å². The summed E-state index contributed by atoms with van der Waals surface area (Å²) in [4.78, 5) is 23.2. The number of aromatic amines is 1. The van der Waals surface area contributed by atoms with Crippen LogP contribution in [0, 0.1) is 0 Å². The van der Waals surface area contributed by atoms with Gasteiger partial charge >= 0.3 is 5.69 Å². The van der Waals surface area contributed by atoms with Crippen molar-refractivity contribution in [3.63, 3.8) is 0 Å². The quantitative estimate of drug-likeness (QED) is 0.629. The maximum atomic E-state index is 13.2. The molecule has 0 saturated carbocycles. The number of halogens is 2. The molecule has 7 nitrogen and oxygen atoms in total. The Bertz CT molecular complexity index is 609. The average Bonchev–Trinajstić information content (AvgIpc) is 2.60. The minimum atomic E-state index is -1.91. The Labute approximate surface area is 117 Å². The van der Waals surface area contributed by atoms with Crippen LogP contribution in [-0.2, 0) is 4.74 Å². The topological polar surface area (TPSA) is 105 Å². The van der Waals surface area contributed by atoms with E-state index in [-0.39, 0.29) is 0 Å². The van der Waals surface area contributed by atoms with Gasteiger partial charge < -0.3 is 14.9 Å². The van der Waals surface area contributed by atoms with Crippen molar-refractivity contribution in [2.24, 2.45) is 0 Å². The lowest BCUT2D eigenvalue weighted by atomic mass is 9.91. The van der Waals surface area contributed by atoms with Crippen molar-refractivity contribution < 1.29 is 19.3 Å². The van der Waals surface area contributed by atoms with Crippen LogP contribution in [-0.4, -0.2) is 49.6 Å². The molecule has 1 saturated heterocycles. The SMILES string of the molecule is C[C@@]1(Cl)[C@H](O)[C@](CO)(CF)O[C@H]1n1ccc(=O)[nH]c1=O. The summed E-state index contributed by atoms with van der Waals surface area (Å²) in [7, 11) is 0. The van der Waals surface area contributed by atoms with Crippen molar-refractivity contribution in [2.45, 2.75) is 29.7 Å². The minimum absolute atomic E-state index is 0.611. The van der Waals surface area contributed by atoms with Gasteiger partial charge in [-0.05, 0) is 6.92 Å². The van der Waals surface area contributed by atoms with E-state index in [1.54, 1.807) is 0 Å². The second kappa shape index (κ2) is 4.96. The zero-order valence-corrected chi connectivity index (χ0v) is 11.3. The number of hydrogen-bond donors (Lipinski definition) is 3. The fourth-order valence-electron chi connectivity index (χ4n) is 2.26. The molecule has 2 heterocycles. The maximum absolute atomic E-state index is 13.2. The number of ether oxygens (including phenoxy) is 1. The number of hydrogen-bond acceptors (Lipinski definition) is 5. The number of aliphatic hydroxyl groups excluding tert-OH is 2. The zero-order valence-electron chi connectivity index (χ0n) is 10.5. The van der Waals surface area contributed by atoms with Gasteiger partial charge in [-0.15, -0.1) is 11.6 Å². The molecular formula is C11H14ClFN2O5. The van der Waals surface area contributed by atoms with Crippen molar-refractivity contribution in [3.8, 4) is 0 Å². The predicted molar refractivity (Wildman–Crippen MR) is 67.5 cm³/mol. The van der Waals surface area contributed by atoms with E-state index in [4.69, 9.17) is 16.3 Å². The van der Waals surface area contributed by atoms with E-state index in [0.29, 0.717) is 0 Å². The van der Waals surface area contributed by atoms with Crippen molar-refractivity contribution in [1.82, 2.24) is 9.55 Å². The lowest BCUT2D eigenvalue weighted by Gasteiger charge is -2.28. The summed E-state index contributed by atoms with van der Waals surface area (Å²) >= 11 is 6.17. The smallest absolute Gasteiger partial charge is 0.330 e. The highest BCUT2D eigenvalue weighted by molar-refractivity contribution is 6.24. The Morgan fingerprint density at radius 3 is 2.70 bits per heavy atom. The van der Waals surface area contributed by atoms with E-state index in [9.17, 15) is 24.2 Å². The van der Waals surface area contributed by atoms with E-state index in [1.165, 1.54) is 6.92 Å². The molecule has 0 unspecified atom stereocenters. The summed E-state index contributed by atoms with van der Waals surface area (Å²) in [5.74, 6) is 0. The van der Waals surface area contributed by atoms with Crippen LogP contribution in [0.2, 0.25) is 0 Å². The van der Waals surface area contributed by atoms with Gasteiger partial charge in [0.1, 0.15) is 23.3 Å². The molecule has 20 heavy (non-hydrogen) atoms. The molecule has 1 aliphatic rings. The van der Waals surface area contributed by atoms with Gasteiger partial charge in [0.15, 0.2) is 6.23 Å². The van der Waals surface area contributed by atoms with Crippen molar-refractivity contribution in [1.29, 1.82) is 0 Å². The highest BCUT2D eigenvalue weighted by Crippen LogP contribution is 2.47. The van der Waals surface area contributed by atoms with Gasteiger partial charge in [0.05, 0.1) is 6.61 Å². The van der Waals surface area contributed by atoms with Gasteiger partial charge in [-0.25, -0.2) is 9.18 Å². The van der Waals surface area contributed by atoms with Gasteiger partial charge in [0.2, 0.25) is 0 Å². The van der Waals surface area contributed by atoms with E-state index in [2.05, 4.69) is 0 Å². The summed E-state index contributed by atoms with van der Waals surface area (Å²) in [5, 5.41) is 19.4. The third-order valence-corrected chi connectivity index (χ3v) is 3.85. The van der Waals surface area contributed by atoms with E-state index < -0.39 is 47.3 Å². The van der Waals surface area contributed by atoms with Crippen LogP contribution in [0.3, 0.4) is 0 Å². The summed E-state index contributed by atoms with van der Waals surface area (Å²) in [6.45, 7) is -0.627. The molecule has 1 fully saturated rings. The van der Waals surface area contributed by atoms with Crippen LogP contribution in [0.15, 0.2) is 21.9 Å². The molecule has 0 spiro atoms. The Balaban J connectivity index is 2.52. The standard InChI is InChI=1S/C11H14ClFN2O5/c1-10(12)7(18)11(4-13,5-16)20-8(10)15-3-2-6(17)14-9(15)19/h2-3,7-8,16,18H,4-5H2,1H3,(H,14,17,19)/t7-,8+,10+,11+/m0/s1. The van der Waals surface area contributed by atoms with E-state index in [0.717, 1.165) is 16.8 Å². The second-order valence-electron chi connectivity index (χ2n) is 4.90. The van der Waals surface area contributed by atoms with E-state index in [1.807, 2.05) is 4.98 Å². The molecular weight excluding hydrogens is 295 g/mol. The summed E-state index contributed by atoms with van der Waals surface area (Å²) in [6.07, 6.45) is -1.66. The van der Waals surface area contributed by atoms with Gasteiger partial charge in [0, 0.05) is 12.3 Å². The lowest BCUT2D eigenvalue weighted by Crippen LogP contribution is -2.50. The number of nitrogens with one attached hydrogen (secondary N) is 1. The average molecular weight is 309 g/mol. The van der Waals surface area contributed by atoms with E-state index >= 15 is 0 Å². The molecule has 1 aliphatic heterocycles. The number of H-pyrrole nitrogens is 1. The lowest BCUT2D eigenvalue weighted by molar-refractivity contribution is -0.138. The molecule has 9 heteroatoms. The van der Waals surface area contributed by atoms with Gasteiger partial charge in [-0.3, -0.25) is 14.3 Å². The molecule has 1 aromatic rings. The predicted octanol–water partition coefficient (Wildman–Crippen LogP) is -0.876. The highest BCUT2D eigenvalue weighted by atomic mass is 35.5. The normalized spacial score (nSPS) is 37.2. The Hall–Kier alpha value is -1.22. The molecule has 1 aromatic heterocycles. The number of aliphatic hydroxyl groups is 2. The second-order valence-corrected chi connectivity index (χ2v) is 5.71. The Kier molecular flexibility index (Phi) is 3.76. The molecule has 0 aromatic carbocycles. The number of rotatable bonds is 3. The number of alkyl halides is 2. The number of aromatic nitrogens is 2. The van der Waals surface area contributed by atoms with Gasteiger partial charge in [-0.1, -0.05) is 0 Å². The molecule has 2 rings (SSSR count). The van der Waals surface area contributed by atoms with Crippen molar-refractivity contribution in [2.75, 3.05) is 13.3 Å².